The molecule has 0 bridgehead atoms. The van der Waals surface area contributed by atoms with Gasteiger partial charge in [0.1, 0.15) is 0 Å². The van der Waals surface area contributed by atoms with Crippen LogP contribution in [-0.2, 0) is 4.74 Å². The minimum Gasteiger partial charge on any atom is -0.381 e. The standard InChI is InChI=1S/C10H19ClO/c1-8(11)7-9-5-3-4-6-10(9)12-2/h8-10H,3-7H2,1-2H3/t8?,9-,10-/m0/s1. The summed E-state index contributed by atoms with van der Waals surface area (Å²) in [6, 6.07) is 0. The average Bonchev–Trinajstić information content (AvgIpc) is 2.04. The molecule has 12 heavy (non-hydrogen) atoms. The van der Waals surface area contributed by atoms with Crippen molar-refractivity contribution < 1.29 is 4.74 Å². The van der Waals surface area contributed by atoms with Crippen molar-refractivity contribution in [1.82, 2.24) is 0 Å². The zero-order valence-corrected chi connectivity index (χ0v) is 8.81. The zero-order valence-electron chi connectivity index (χ0n) is 8.05. The van der Waals surface area contributed by atoms with Crippen molar-refractivity contribution in [2.75, 3.05) is 7.11 Å². The molecule has 1 aliphatic rings. The fourth-order valence-corrected chi connectivity index (χ4v) is 2.40. The predicted octanol–water partition coefficient (Wildman–Crippen LogP) is 3.21. The summed E-state index contributed by atoms with van der Waals surface area (Å²) in [5, 5.41) is 0.297. The summed E-state index contributed by atoms with van der Waals surface area (Å²) >= 11 is 5.98. The molecule has 0 aromatic carbocycles. The van der Waals surface area contributed by atoms with E-state index in [1.54, 1.807) is 0 Å². The SMILES string of the molecule is CO[C@H]1CCCC[C@H]1CC(C)Cl. The first kappa shape index (κ1) is 10.3. The Labute approximate surface area is 80.4 Å². The lowest BCUT2D eigenvalue weighted by molar-refractivity contribution is 0.0205. The van der Waals surface area contributed by atoms with Gasteiger partial charge in [0.2, 0.25) is 0 Å². The molecular weight excluding hydrogens is 172 g/mol. The van der Waals surface area contributed by atoms with E-state index in [4.69, 9.17) is 16.3 Å². The van der Waals surface area contributed by atoms with Gasteiger partial charge < -0.3 is 4.74 Å². The van der Waals surface area contributed by atoms with Crippen LogP contribution in [-0.4, -0.2) is 18.6 Å². The Kier molecular flexibility index (Phi) is 4.38. The van der Waals surface area contributed by atoms with Crippen molar-refractivity contribution in [1.29, 1.82) is 0 Å². The molecule has 1 saturated carbocycles. The first-order chi connectivity index (χ1) is 5.74. The quantitative estimate of drug-likeness (QED) is 0.621. The fourth-order valence-electron chi connectivity index (χ4n) is 2.17. The molecule has 0 saturated heterocycles. The van der Waals surface area contributed by atoms with Gasteiger partial charge in [-0.25, -0.2) is 0 Å². The Balaban J connectivity index is 2.36. The number of halogens is 1. The van der Waals surface area contributed by atoms with E-state index in [0.717, 1.165) is 6.42 Å². The van der Waals surface area contributed by atoms with E-state index >= 15 is 0 Å². The normalized spacial score (nSPS) is 33.2. The van der Waals surface area contributed by atoms with Crippen molar-refractivity contribution in [2.45, 2.75) is 50.5 Å². The van der Waals surface area contributed by atoms with Gasteiger partial charge in [-0.15, -0.1) is 11.6 Å². The lowest BCUT2D eigenvalue weighted by atomic mass is 9.83. The Morgan fingerprint density at radius 1 is 1.42 bits per heavy atom. The van der Waals surface area contributed by atoms with Gasteiger partial charge in [0.25, 0.3) is 0 Å². The maximum absolute atomic E-state index is 5.98. The second-order valence-electron chi connectivity index (χ2n) is 3.84. The molecule has 1 fully saturated rings. The van der Waals surface area contributed by atoms with Gasteiger partial charge in [-0.1, -0.05) is 12.8 Å². The van der Waals surface area contributed by atoms with E-state index in [2.05, 4.69) is 6.92 Å². The minimum atomic E-state index is 0.297. The number of alkyl halides is 1. The van der Waals surface area contributed by atoms with Gasteiger partial charge in [0, 0.05) is 12.5 Å². The summed E-state index contributed by atoms with van der Waals surface area (Å²) in [6.07, 6.45) is 6.79. The number of methoxy groups -OCH3 is 1. The Bertz CT molecular complexity index is 125. The van der Waals surface area contributed by atoms with E-state index in [-0.39, 0.29) is 0 Å². The van der Waals surface area contributed by atoms with Crippen molar-refractivity contribution in [3.8, 4) is 0 Å². The lowest BCUT2D eigenvalue weighted by Crippen LogP contribution is -2.28. The van der Waals surface area contributed by atoms with E-state index in [1.165, 1.54) is 25.7 Å². The highest BCUT2D eigenvalue weighted by atomic mass is 35.5. The molecular formula is C10H19ClO. The van der Waals surface area contributed by atoms with E-state index in [1.807, 2.05) is 7.11 Å². The number of hydrogen-bond donors (Lipinski definition) is 0. The molecule has 0 N–H and O–H groups in total. The molecule has 2 heteroatoms. The molecule has 0 spiro atoms. The van der Waals surface area contributed by atoms with Gasteiger partial charge in [-0.05, 0) is 32.1 Å². The summed E-state index contributed by atoms with van der Waals surface area (Å²) in [6.45, 7) is 2.07. The summed E-state index contributed by atoms with van der Waals surface area (Å²) in [5.41, 5.74) is 0. The van der Waals surface area contributed by atoms with Crippen LogP contribution >= 0.6 is 11.6 Å². The van der Waals surface area contributed by atoms with Crippen LogP contribution in [0.3, 0.4) is 0 Å². The predicted molar refractivity (Wildman–Crippen MR) is 52.7 cm³/mol. The monoisotopic (exact) mass is 190 g/mol. The number of rotatable bonds is 3. The molecule has 0 heterocycles. The van der Waals surface area contributed by atoms with Crippen LogP contribution in [0.5, 0.6) is 0 Å². The summed E-state index contributed by atoms with van der Waals surface area (Å²) in [5.74, 6) is 0.705. The van der Waals surface area contributed by atoms with Crippen LogP contribution in [0.4, 0.5) is 0 Å². The first-order valence-electron chi connectivity index (χ1n) is 4.91. The topological polar surface area (TPSA) is 9.23 Å². The molecule has 1 nitrogen and oxygen atoms in total. The van der Waals surface area contributed by atoms with Crippen molar-refractivity contribution in [2.24, 2.45) is 5.92 Å². The summed E-state index contributed by atoms with van der Waals surface area (Å²) in [7, 11) is 1.82. The highest BCUT2D eigenvalue weighted by molar-refractivity contribution is 6.20. The van der Waals surface area contributed by atoms with E-state index in [0.29, 0.717) is 17.4 Å². The van der Waals surface area contributed by atoms with Gasteiger partial charge in [0.05, 0.1) is 6.10 Å². The first-order valence-corrected chi connectivity index (χ1v) is 5.34. The Morgan fingerprint density at radius 3 is 2.67 bits per heavy atom. The molecule has 72 valence electrons. The molecule has 1 unspecified atom stereocenters. The summed E-state index contributed by atoms with van der Waals surface area (Å²) < 4.78 is 5.45. The van der Waals surface area contributed by atoms with Crippen molar-refractivity contribution in [3.63, 3.8) is 0 Å². The smallest absolute Gasteiger partial charge is 0.0600 e. The molecule has 1 rings (SSSR count). The highest BCUT2D eigenvalue weighted by Gasteiger charge is 2.25. The second-order valence-corrected chi connectivity index (χ2v) is 4.58. The number of hydrogen-bond acceptors (Lipinski definition) is 1. The highest BCUT2D eigenvalue weighted by Crippen LogP contribution is 2.30. The maximum atomic E-state index is 5.98. The Hall–Kier alpha value is 0.250. The van der Waals surface area contributed by atoms with Crippen LogP contribution in [0.2, 0.25) is 0 Å². The van der Waals surface area contributed by atoms with Crippen LogP contribution in [0.1, 0.15) is 39.0 Å². The Morgan fingerprint density at radius 2 is 2.08 bits per heavy atom. The third-order valence-electron chi connectivity index (χ3n) is 2.77. The van der Waals surface area contributed by atoms with Gasteiger partial charge >= 0.3 is 0 Å². The molecule has 0 aromatic rings. The van der Waals surface area contributed by atoms with Crippen LogP contribution in [0.25, 0.3) is 0 Å². The maximum Gasteiger partial charge on any atom is 0.0600 e. The van der Waals surface area contributed by atoms with Crippen molar-refractivity contribution in [3.05, 3.63) is 0 Å². The van der Waals surface area contributed by atoms with Crippen LogP contribution < -0.4 is 0 Å². The third-order valence-corrected chi connectivity index (χ3v) is 2.95. The molecule has 3 atom stereocenters. The average molecular weight is 191 g/mol. The van der Waals surface area contributed by atoms with E-state index in [9.17, 15) is 0 Å². The third kappa shape index (κ3) is 2.95. The fraction of sp³-hybridized carbons (Fsp3) is 1.00. The van der Waals surface area contributed by atoms with Gasteiger partial charge in [-0.2, -0.15) is 0 Å². The largest absolute Gasteiger partial charge is 0.381 e. The van der Waals surface area contributed by atoms with Crippen LogP contribution in [0, 0.1) is 5.92 Å². The van der Waals surface area contributed by atoms with Gasteiger partial charge in [-0.3, -0.25) is 0 Å². The molecule has 1 aliphatic carbocycles. The van der Waals surface area contributed by atoms with Crippen LogP contribution in [0.15, 0.2) is 0 Å². The minimum absolute atomic E-state index is 0.297. The van der Waals surface area contributed by atoms with Gasteiger partial charge in [0.15, 0.2) is 0 Å². The molecule has 0 radical (unpaired) electrons. The molecule has 0 aliphatic heterocycles. The van der Waals surface area contributed by atoms with Crippen molar-refractivity contribution >= 4 is 11.6 Å². The lowest BCUT2D eigenvalue weighted by Gasteiger charge is -2.31. The van der Waals surface area contributed by atoms with E-state index < -0.39 is 0 Å². The second kappa shape index (κ2) is 5.08. The summed E-state index contributed by atoms with van der Waals surface area (Å²) in [4.78, 5) is 0. The zero-order chi connectivity index (χ0) is 8.97. The molecule has 0 amide bonds. The number of ether oxygens (including phenoxy) is 1. The molecule has 0 aromatic heterocycles.